The number of hydrogen-bond acceptors (Lipinski definition) is 3. The largest absolute Gasteiger partial charge is 0.481 e. The van der Waals surface area contributed by atoms with E-state index in [1.54, 1.807) is 4.90 Å². The molecule has 0 radical (unpaired) electrons. The van der Waals surface area contributed by atoms with Crippen molar-refractivity contribution in [1.29, 1.82) is 0 Å². The van der Waals surface area contributed by atoms with Gasteiger partial charge in [0.25, 0.3) is 0 Å². The van der Waals surface area contributed by atoms with E-state index in [0.717, 1.165) is 12.8 Å². The van der Waals surface area contributed by atoms with Crippen molar-refractivity contribution in [2.45, 2.75) is 59.0 Å². The highest BCUT2D eigenvalue weighted by atomic mass is 16.4. The number of carbonyl (C=O) groups excluding carboxylic acids is 1. The number of carbonyl (C=O) groups is 2. The molecule has 5 heteroatoms. The van der Waals surface area contributed by atoms with Crippen molar-refractivity contribution < 1.29 is 14.7 Å². The van der Waals surface area contributed by atoms with Crippen molar-refractivity contribution in [3.63, 3.8) is 0 Å². The molecule has 5 unspecified atom stereocenters. The summed E-state index contributed by atoms with van der Waals surface area (Å²) in [5.41, 5.74) is 6.01. The molecule has 120 valence electrons. The number of hydrogen-bond donors (Lipinski definition) is 2. The molecular formula is C16H28N2O3. The zero-order chi connectivity index (χ0) is 15.9. The summed E-state index contributed by atoms with van der Waals surface area (Å²) in [6, 6.07) is -0.0662. The Labute approximate surface area is 126 Å². The lowest BCUT2D eigenvalue weighted by molar-refractivity contribution is -0.146. The first-order valence-corrected chi connectivity index (χ1v) is 7.96. The molecule has 3 N–H and O–H groups in total. The molecule has 1 aliphatic carbocycles. The molecule has 1 heterocycles. The van der Waals surface area contributed by atoms with Crippen molar-refractivity contribution in [2.75, 3.05) is 6.54 Å². The van der Waals surface area contributed by atoms with Crippen LogP contribution in [0.2, 0.25) is 0 Å². The van der Waals surface area contributed by atoms with E-state index < -0.39 is 11.9 Å². The van der Waals surface area contributed by atoms with E-state index >= 15 is 0 Å². The maximum atomic E-state index is 12.9. The maximum Gasteiger partial charge on any atom is 0.308 e. The Bertz CT molecular complexity index is 435. The molecule has 0 aromatic rings. The van der Waals surface area contributed by atoms with Gasteiger partial charge >= 0.3 is 5.97 Å². The molecule has 2 fully saturated rings. The second-order valence-electron chi connectivity index (χ2n) is 7.41. The van der Waals surface area contributed by atoms with Crippen LogP contribution in [0.5, 0.6) is 0 Å². The van der Waals surface area contributed by atoms with Crippen LogP contribution in [0.4, 0.5) is 0 Å². The van der Waals surface area contributed by atoms with Crippen molar-refractivity contribution in [3.8, 4) is 0 Å². The fourth-order valence-electron chi connectivity index (χ4n) is 4.07. The zero-order valence-electron chi connectivity index (χ0n) is 13.5. The Hall–Kier alpha value is -1.10. The monoisotopic (exact) mass is 296 g/mol. The normalized spacial score (nSPS) is 39.3. The van der Waals surface area contributed by atoms with Gasteiger partial charge in [-0.15, -0.1) is 0 Å². The molecule has 5 atom stereocenters. The van der Waals surface area contributed by atoms with Gasteiger partial charge in [0.2, 0.25) is 5.91 Å². The second-order valence-corrected chi connectivity index (χ2v) is 7.41. The highest BCUT2D eigenvalue weighted by molar-refractivity contribution is 5.82. The van der Waals surface area contributed by atoms with Gasteiger partial charge in [0.1, 0.15) is 0 Å². The summed E-state index contributed by atoms with van der Waals surface area (Å²) >= 11 is 0. The summed E-state index contributed by atoms with van der Waals surface area (Å²) in [5.74, 6) is -0.873. The summed E-state index contributed by atoms with van der Waals surface area (Å²) in [6.45, 7) is 8.78. The summed E-state index contributed by atoms with van der Waals surface area (Å²) in [6.07, 6.45) is 2.23. The third-order valence-electron chi connectivity index (χ3n) is 6.16. The fraction of sp³-hybridized carbons (Fsp3) is 0.875. The van der Waals surface area contributed by atoms with Gasteiger partial charge in [-0.2, -0.15) is 0 Å². The number of amides is 1. The second kappa shape index (κ2) is 5.59. The maximum absolute atomic E-state index is 12.9. The van der Waals surface area contributed by atoms with Crippen molar-refractivity contribution in [1.82, 2.24) is 4.90 Å². The molecule has 2 aliphatic rings. The van der Waals surface area contributed by atoms with E-state index in [1.807, 2.05) is 6.92 Å². The molecule has 1 saturated carbocycles. The quantitative estimate of drug-likeness (QED) is 0.812. The van der Waals surface area contributed by atoms with Gasteiger partial charge in [-0.1, -0.05) is 20.8 Å². The number of nitrogens with two attached hydrogens (primary N) is 1. The Morgan fingerprint density at radius 3 is 2.33 bits per heavy atom. The van der Waals surface area contributed by atoms with Crippen LogP contribution in [-0.2, 0) is 9.59 Å². The molecule has 0 bridgehead atoms. The van der Waals surface area contributed by atoms with Crippen LogP contribution in [0.25, 0.3) is 0 Å². The zero-order valence-corrected chi connectivity index (χ0v) is 13.5. The Morgan fingerprint density at radius 2 is 1.81 bits per heavy atom. The van der Waals surface area contributed by atoms with Gasteiger partial charge in [-0.05, 0) is 37.5 Å². The number of rotatable bonds is 2. The molecule has 0 spiro atoms. The van der Waals surface area contributed by atoms with Gasteiger partial charge in [-0.3, -0.25) is 9.59 Å². The van der Waals surface area contributed by atoms with Crippen molar-refractivity contribution >= 4 is 11.9 Å². The fourth-order valence-corrected chi connectivity index (χ4v) is 4.07. The first-order chi connectivity index (χ1) is 9.67. The third kappa shape index (κ3) is 2.68. The Balaban J connectivity index is 2.15. The average molecular weight is 296 g/mol. The number of carboxylic acid groups (broad SMARTS) is 1. The van der Waals surface area contributed by atoms with E-state index in [4.69, 9.17) is 5.73 Å². The SMILES string of the molecule is CC1C(C(=O)O)CCN1C(=O)C1CCC(N)C(C)C1(C)C. The summed E-state index contributed by atoms with van der Waals surface area (Å²) < 4.78 is 0. The van der Waals surface area contributed by atoms with Crippen LogP contribution in [0.3, 0.4) is 0 Å². The first kappa shape index (κ1) is 16.3. The molecular weight excluding hydrogens is 268 g/mol. The molecule has 1 amide bonds. The summed E-state index contributed by atoms with van der Waals surface area (Å²) in [7, 11) is 0. The number of carboxylic acids is 1. The standard InChI is InChI=1S/C16H28N2O3/c1-9-13(17)6-5-12(16(9,3)4)14(19)18-8-7-11(10(18)2)15(20)21/h9-13H,5-8,17H2,1-4H3,(H,20,21). The highest BCUT2D eigenvalue weighted by Crippen LogP contribution is 2.46. The summed E-state index contributed by atoms with van der Waals surface area (Å²) in [4.78, 5) is 25.9. The minimum absolute atomic E-state index is 0.0534. The average Bonchev–Trinajstić information content (AvgIpc) is 2.77. The molecule has 5 nitrogen and oxygen atoms in total. The van der Waals surface area contributed by atoms with Crippen LogP contribution < -0.4 is 5.73 Å². The lowest BCUT2D eigenvalue weighted by Gasteiger charge is -2.47. The number of likely N-dealkylation sites (tertiary alicyclic amines) is 1. The topological polar surface area (TPSA) is 83.6 Å². The highest BCUT2D eigenvalue weighted by Gasteiger charge is 2.48. The van der Waals surface area contributed by atoms with E-state index in [2.05, 4.69) is 20.8 Å². The first-order valence-electron chi connectivity index (χ1n) is 7.96. The smallest absolute Gasteiger partial charge is 0.308 e. The van der Waals surface area contributed by atoms with E-state index in [9.17, 15) is 14.7 Å². The van der Waals surface area contributed by atoms with Crippen LogP contribution >= 0.6 is 0 Å². The van der Waals surface area contributed by atoms with Crippen LogP contribution in [0, 0.1) is 23.2 Å². The predicted molar refractivity (Wildman–Crippen MR) is 80.6 cm³/mol. The number of nitrogens with zero attached hydrogens (tertiary/aromatic N) is 1. The van der Waals surface area contributed by atoms with Gasteiger partial charge in [0, 0.05) is 24.5 Å². The minimum Gasteiger partial charge on any atom is -0.481 e. The van der Waals surface area contributed by atoms with Crippen LogP contribution in [0.1, 0.15) is 47.0 Å². The molecule has 2 rings (SSSR count). The van der Waals surface area contributed by atoms with Crippen molar-refractivity contribution in [3.05, 3.63) is 0 Å². The van der Waals surface area contributed by atoms with Gasteiger partial charge in [0.15, 0.2) is 0 Å². The predicted octanol–water partition coefficient (Wildman–Crippen LogP) is 1.71. The van der Waals surface area contributed by atoms with Gasteiger partial charge in [0.05, 0.1) is 5.92 Å². The van der Waals surface area contributed by atoms with E-state index in [1.165, 1.54) is 0 Å². The van der Waals surface area contributed by atoms with E-state index in [0.29, 0.717) is 13.0 Å². The van der Waals surface area contributed by atoms with Gasteiger partial charge in [-0.25, -0.2) is 0 Å². The van der Waals surface area contributed by atoms with E-state index in [-0.39, 0.29) is 35.2 Å². The lowest BCUT2D eigenvalue weighted by atomic mass is 9.60. The van der Waals surface area contributed by atoms with Gasteiger partial charge < -0.3 is 15.7 Å². The molecule has 21 heavy (non-hydrogen) atoms. The molecule has 1 saturated heterocycles. The lowest BCUT2D eigenvalue weighted by Crippen LogP contribution is -2.53. The Kier molecular flexibility index (Phi) is 4.34. The third-order valence-corrected chi connectivity index (χ3v) is 6.16. The van der Waals surface area contributed by atoms with Crippen molar-refractivity contribution in [2.24, 2.45) is 28.9 Å². The van der Waals surface area contributed by atoms with Crippen LogP contribution in [0.15, 0.2) is 0 Å². The molecule has 0 aromatic carbocycles. The minimum atomic E-state index is -0.795. The molecule has 0 aromatic heterocycles. The summed E-state index contributed by atoms with van der Waals surface area (Å²) in [5, 5.41) is 9.22. The molecule has 1 aliphatic heterocycles. The van der Waals surface area contributed by atoms with Crippen LogP contribution in [-0.4, -0.2) is 40.5 Å². The Morgan fingerprint density at radius 1 is 1.19 bits per heavy atom. The number of aliphatic carboxylic acids is 1.